The molecule has 2 saturated carbocycles. The minimum atomic E-state index is -0.157. The number of ether oxygens (including phenoxy) is 1. The number of benzene rings is 1. The van der Waals surface area contributed by atoms with Crippen molar-refractivity contribution in [1.82, 2.24) is 0 Å². The number of nitrogens with zero attached hydrogens (tertiary/aromatic N) is 1. The van der Waals surface area contributed by atoms with E-state index in [0.29, 0.717) is 29.9 Å². The maximum Gasteiger partial charge on any atom is 0.238 e. The van der Waals surface area contributed by atoms with E-state index in [1.807, 2.05) is 31.2 Å². The van der Waals surface area contributed by atoms with Gasteiger partial charge in [0.15, 0.2) is 0 Å². The molecule has 2 amide bonds. The Balaban J connectivity index is 1.57. The van der Waals surface area contributed by atoms with Gasteiger partial charge in [0.1, 0.15) is 5.75 Å². The first kappa shape index (κ1) is 13.3. The Hall–Kier alpha value is -2.10. The number of anilines is 1. The van der Waals surface area contributed by atoms with Crippen LogP contribution in [0.25, 0.3) is 0 Å². The molecule has 4 aliphatic carbocycles. The molecule has 118 valence electrons. The Bertz CT molecular complexity index is 704. The summed E-state index contributed by atoms with van der Waals surface area (Å²) in [6, 6.07) is 7.36. The number of imide groups is 1. The maximum atomic E-state index is 13.1. The molecular formula is C19H19NO3. The van der Waals surface area contributed by atoms with Gasteiger partial charge in [-0.05, 0) is 49.1 Å². The van der Waals surface area contributed by atoms with Gasteiger partial charge in [0, 0.05) is 0 Å². The van der Waals surface area contributed by atoms with Crippen LogP contribution in [0, 0.1) is 35.5 Å². The topological polar surface area (TPSA) is 46.6 Å². The minimum absolute atomic E-state index is 0.0307. The second-order valence-electron chi connectivity index (χ2n) is 7.07. The molecule has 2 bridgehead atoms. The molecule has 6 rings (SSSR count). The highest BCUT2D eigenvalue weighted by Crippen LogP contribution is 2.65. The van der Waals surface area contributed by atoms with Crippen LogP contribution in [0.2, 0.25) is 0 Å². The molecule has 1 aromatic carbocycles. The fourth-order valence-electron chi connectivity index (χ4n) is 5.11. The van der Waals surface area contributed by atoms with Crippen molar-refractivity contribution in [1.29, 1.82) is 0 Å². The highest BCUT2D eigenvalue weighted by molar-refractivity contribution is 6.23. The first-order valence-electron chi connectivity index (χ1n) is 8.50. The number of hydrogen-bond donors (Lipinski definition) is 0. The summed E-state index contributed by atoms with van der Waals surface area (Å²) < 4.78 is 5.64. The lowest BCUT2D eigenvalue weighted by atomic mass is 9.63. The van der Waals surface area contributed by atoms with Gasteiger partial charge in [0.2, 0.25) is 11.8 Å². The number of allylic oxidation sites excluding steroid dienone is 2. The molecule has 1 aliphatic heterocycles. The van der Waals surface area contributed by atoms with Gasteiger partial charge >= 0.3 is 0 Å². The van der Waals surface area contributed by atoms with Gasteiger partial charge in [-0.15, -0.1) is 0 Å². The van der Waals surface area contributed by atoms with Crippen molar-refractivity contribution in [2.45, 2.75) is 13.3 Å². The third-order valence-corrected chi connectivity index (χ3v) is 6.07. The van der Waals surface area contributed by atoms with E-state index in [1.54, 1.807) is 0 Å². The molecule has 0 aromatic heterocycles. The molecule has 1 saturated heterocycles. The molecule has 1 heterocycles. The highest BCUT2D eigenvalue weighted by atomic mass is 16.5. The molecule has 0 N–H and O–H groups in total. The van der Waals surface area contributed by atoms with E-state index in [2.05, 4.69) is 12.2 Å². The van der Waals surface area contributed by atoms with Crippen LogP contribution in [-0.4, -0.2) is 18.4 Å². The van der Waals surface area contributed by atoms with Gasteiger partial charge in [0.25, 0.3) is 0 Å². The second kappa shape index (κ2) is 4.47. The van der Waals surface area contributed by atoms with Crippen molar-refractivity contribution < 1.29 is 14.3 Å². The summed E-state index contributed by atoms with van der Waals surface area (Å²) in [6.07, 6.45) is 5.58. The van der Waals surface area contributed by atoms with Gasteiger partial charge in [-0.1, -0.05) is 24.3 Å². The normalized spacial score (nSPS) is 39.4. The highest BCUT2D eigenvalue weighted by Gasteiger charge is 2.67. The Morgan fingerprint density at radius 1 is 1.04 bits per heavy atom. The van der Waals surface area contributed by atoms with Gasteiger partial charge in [-0.25, -0.2) is 4.90 Å². The van der Waals surface area contributed by atoms with E-state index in [1.165, 1.54) is 11.3 Å². The van der Waals surface area contributed by atoms with E-state index in [4.69, 9.17) is 4.74 Å². The lowest BCUT2D eigenvalue weighted by Gasteiger charge is -2.37. The number of carbonyl (C=O) groups is 2. The van der Waals surface area contributed by atoms with Gasteiger partial charge < -0.3 is 4.74 Å². The fourth-order valence-corrected chi connectivity index (χ4v) is 5.11. The standard InChI is InChI=1S/C19H19NO3/c1-2-23-15-6-4-3-5-14(15)20-18(21)16-10-7-8-11(13-9-12(10)13)17(16)19(20)22/h3-8,10-13,16-17H,2,9H2,1H3/t10-,11+,12-,13-,16+,17-/m1/s1. The summed E-state index contributed by atoms with van der Waals surface area (Å²) in [5.41, 5.74) is 0.604. The average molecular weight is 309 g/mol. The predicted octanol–water partition coefficient (Wildman–Crippen LogP) is 2.64. The summed E-state index contributed by atoms with van der Waals surface area (Å²) in [5, 5.41) is 0. The summed E-state index contributed by atoms with van der Waals surface area (Å²) >= 11 is 0. The van der Waals surface area contributed by atoms with Crippen LogP contribution >= 0.6 is 0 Å². The number of hydrogen-bond acceptors (Lipinski definition) is 3. The molecule has 0 spiro atoms. The number of amides is 2. The van der Waals surface area contributed by atoms with Crippen molar-refractivity contribution >= 4 is 17.5 Å². The molecule has 1 aromatic rings. The van der Waals surface area contributed by atoms with Crippen LogP contribution in [0.3, 0.4) is 0 Å². The average Bonchev–Trinajstić information content (AvgIpc) is 3.34. The van der Waals surface area contributed by atoms with Crippen LogP contribution in [0.4, 0.5) is 5.69 Å². The quantitative estimate of drug-likeness (QED) is 0.637. The molecule has 23 heavy (non-hydrogen) atoms. The van der Waals surface area contributed by atoms with E-state index < -0.39 is 0 Å². The molecule has 5 aliphatic rings. The molecule has 4 heteroatoms. The zero-order valence-corrected chi connectivity index (χ0v) is 13.0. The lowest BCUT2D eigenvalue weighted by molar-refractivity contribution is -0.124. The number of rotatable bonds is 3. The Kier molecular flexibility index (Phi) is 2.59. The fraction of sp³-hybridized carbons (Fsp3) is 0.474. The van der Waals surface area contributed by atoms with Gasteiger partial charge in [-0.3, -0.25) is 9.59 Å². The van der Waals surface area contributed by atoms with Crippen LogP contribution < -0.4 is 9.64 Å². The van der Waals surface area contributed by atoms with Crippen LogP contribution in [0.15, 0.2) is 36.4 Å². The van der Waals surface area contributed by atoms with Crippen LogP contribution in [0.5, 0.6) is 5.75 Å². The Labute approximate surface area is 135 Å². The summed E-state index contributed by atoms with van der Waals surface area (Å²) in [6.45, 7) is 2.42. The molecule has 3 fully saturated rings. The lowest BCUT2D eigenvalue weighted by Crippen LogP contribution is -2.40. The van der Waals surface area contributed by atoms with Crippen molar-refractivity contribution in [2.75, 3.05) is 11.5 Å². The van der Waals surface area contributed by atoms with Crippen molar-refractivity contribution in [2.24, 2.45) is 35.5 Å². The SMILES string of the molecule is CCOc1ccccc1N1C(=O)[C@@H]2[C@H]3C=C[C@H]([C@H]4C[C@H]34)[C@@H]2C1=O. The van der Waals surface area contributed by atoms with E-state index >= 15 is 0 Å². The van der Waals surface area contributed by atoms with Crippen molar-refractivity contribution in [3.05, 3.63) is 36.4 Å². The van der Waals surface area contributed by atoms with Gasteiger partial charge in [-0.2, -0.15) is 0 Å². The summed E-state index contributed by atoms with van der Waals surface area (Å²) in [7, 11) is 0. The predicted molar refractivity (Wildman–Crippen MR) is 84.8 cm³/mol. The first-order valence-corrected chi connectivity index (χ1v) is 8.50. The van der Waals surface area contributed by atoms with Crippen molar-refractivity contribution in [3.8, 4) is 5.75 Å². The smallest absolute Gasteiger partial charge is 0.238 e. The third-order valence-electron chi connectivity index (χ3n) is 6.07. The Morgan fingerprint density at radius 3 is 2.26 bits per heavy atom. The minimum Gasteiger partial charge on any atom is -0.492 e. The number of carbonyl (C=O) groups excluding carboxylic acids is 2. The molecule has 0 unspecified atom stereocenters. The second-order valence-corrected chi connectivity index (χ2v) is 7.07. The van der Waals surface area contributed by atoms with E-state index in [9.17, 15) is 9.59 Å². The molecule has 0 radical (unpaired) electrons. The molecule has 4 nitrogen and oxygen atoms in total. The first-order chi connectivity index (χ1) is 11.2. The van der Waals surface area contributed by atoms with Crippen LogP contribution in [-0.2, 0) is 9.59 Å². The van der Waals surface area contributed by atoms with Crippen molar-refractivity contribution in [3.63, 3.8) is 0 Å². The summed E-state index contributed by atoms with van der Waals surface area (Å²) in [5.74, 6) is 2.02. The largest absolute Gasteiger partial charge is 0.492 e. The van der Waals surface area contributed by atoms with E-state index in [0.717, 1.165) is 0 Å². The Morgan fingerprint density at radius 2 is 1.65 bits per heavy atom. The van der Waals surface area contributed by atoms with Crippen LogP contribution in [0.1, 0.15) is 13.3 Å². The summed E-state index contributed by atoms with van der Waals surface area (Å²) in [4.78, 5) is 27.6. The zero-order valence-electron chi connectivity index (χ0n) is 13.0. The number of para-hydroxylation sites is 2. The molecule has 6 atom stereocenters. The van der Waals surface area contributed by atoms with Gasteiger partial charge in [0.05, 0.1) is 24.1 Å². The maximum absolute atomic E-state index is 13.1. The molecular weight excluding hydrogens is 290 g/mol. The zero-order chi connectivity index (χ0) is 15.7. The third kappa shape index (κ3) is 1.61. The monoisotopic (exact) mass is 309 g/mol. The van der Waals surface area contributed by atoms with E-state index in [-0.39, 0.29) is 35.5 Å².